The number of carboxylic acids is 1. The van der Waals surface area contributed by atoms with Gasteiger partial charge in [-0.05, 0) is 18.2 Å². The Kier molecular flexibility index (Phi) is 4.21. The SMILES string of the molecule is O=C(O)CSc1nccn1-c1cc(C(F)(F)F)ccc1F. The van der Waals surface area contributed by atoms with Crippen molar-refractivity contribution in [3.63, 3.8) is 0 Å². The summed E-state index contributed by atoms with van der Waals surface area (Å²) in [6.07, 6.45) is -2.08. The van der Waals surface area contributed by atoms with E-state index < -0.39 is 23.5 Å². The normalized spacial score (nSPS) is 11.6. The van der Waals surface area contributed by atoms with Crippen LogP contribution in [0.1, 0.15) is 5.56 Å². The minimum atomic E-state index is -4.60. The molecule has 0 spiro atoms. The summed E-state index contributed by atoms with van der Waals surface area (Å²) in [4.78, 5) is 14.3. The average molecular weight is 320 g/mol. The molecule has 0 saturated heterocycles. The number of benzene rings is 1. The van der Waals surface area contributed by atoms with Gasteiger partial charge in [0.15, 0.2) is 5.16 Å². The van der Waals surface area contributed by atoms with Crippen LogP contribution in [0.3, 0.4) is 0 Å². The highest BCUT2D eigenvalue weighted by molar-refractivity contribution is 7.99. The second kappa shape index (κ2) is 5.76. The number of nitrogens with zero attached hydrogens (tertiary/aromatic N) is 2. The lowest BCUT2D eigenvalue weighted by atomic mass is 10.2. The van der Waals surface area contributed by atoms with Gasteiger partial charge in [0, 0.05) is 12.4 Å². The summed E-state index contributed by atoms with van der Waals surface area (Å²) >= 11 is 0.783. The molecule has 9 heteroatoms. The number of carboxylic acid groups (broad SMARTS) is 1. The smallest absolute Gasteiger partial charge is 0.416 e. The van der Waals surface area contributed by atoms with Gasteiger partial charge < -0.3 is 5.11 Å². The molecule has 0 aliphatic heterocycles. The maximum absolute atomic E-state index is 13.8. The first-order chi connectivity index (χ1) is 9.79. The zero-order valence-corrected chi connectivity index (χ0v) is 11.1. The lowest BCUT2D eigenvalue weighted by molar-refractivity contribution is -0.137. The predicted octanol–water partition coefficient (Wildman–Crippen LogP) is 3.21. The van der Waals surface area contributed by atoms with Gasteiger partial charge in [0.05, 0.1) is 17.0 Å². The van der Waals surface area contributed by atoms with E-state index in [1.807, 2.05) is 0 Å². The van der Waals surface area contributed by atoms with Crippen LogP contribution in [-0.4, -0.2) is 26.4 Å². The van der Waals surface area contributed by atoms with E-state index in [1.54, 1.807) is 0 Å². The highest BCUT2D eigenvalue weighted by atomic mass is 32.2. The minimum Gasteiger partial charge on any atom is -0.481 e. The second-order valence-corrected chi connectivity index (χ2v) is 4.87. The molecule has 0 atom stereocenters. The molecular formula is C12H8F4N2O2S. The van der Waals surface area contributed by atoms with Crippen LogP contribution in [0.4, 0.5) is 17.6 Å². The third kappa shape index (κ3) is 3.54. The van der Waals surface area contributed by atoms with E-state index in [9.17, 15) is 22.4 Å². The van der Waals surface area contributed by atoms with Crippen molar-refractivity contribution in [3.05, 3.63) is 42.0 Å². The van der Waals surface area contributed by atoms with Gasteiger partial charge in [-0.3, -0.25) is 9.36 Å². The Morgan fingerprint density at radius 3 is 2.71 bits per heavy atom. The Hall–Kier alpha value is -2.03. The molecule has 1 aromatic carbocycles. The Morgan fingerprint density at radius 1 is 1.38 bits per heavy atom. The van der Waals surface area contributed by atoms with E-state index in [-0.39, 0.29) is 16.6 Å². The van der Waals surface area contributed by atoms with E-state index in [4.69, 9.17) is 5.11 Å². The van der Waals surface area contributed by atoms with Crippen LogP contribution in [0, 0.1) is 5.82 Å². The van der Waals surface area contributed by atoms with E-state index >= 15 is 0 Å². The van der Waals surface area contributed by atoms with Crippen molar-refractivity contribution in [3.8, 4) is 5.69 Å². The Balaban J connectivity index is 2.42. The number of aliphatic carboxylic acids is 1. The zero-order chi connectivity index (χ0) is 15.6. The largest absolute Gasteiger partial charge is 0.481 e. The monoisotopic (exact) mass is 320 g/mol. The fourth-order valence-electron chi connectivity index (χ4n) is 1.58. The standard InChI is InChI=1S/C12H8F4N2O2S/c13-8-2-1-7(12(14,15)16)5-9(8)18-4-3-17-11(18)21-6-10(19)20/h1-5H,6H2,(H,19,20). The van der Waals surface area contributed by atoms with Crippen LogP contribution in [0.15, 0.2) is 35.7 Å². The Morgan fingerprint density at radius 2 is 2.10 bits per heavy atom. The molecule has 4 nitrogen and oxygen atoms in total. The first kappa shape index (κ1) is 15.4. The summed E-state index contributed by atoms with van der Waals surface area (Å²) in [6, 6.07) is 2.01. The summed E-state index contributed by atoms with van der Waals surface area (Å²) in [5.74, 6) is -2.31. The highest BCUT2D eigenvalue weighted by Gasteiger charge is 2.31. The third-order valence-corrected chi connectivity index (χ3v) is 3.42. The van der Waals surface area contributed by atoms with E-state index in [0.717, 1.165) is 16.3 Å². The molecule has 2 aromatic rings. The van der Waals surface area contributed by atoms with Gasteiger partial charge in [-0.15, -0.1) is 0 Å². The van der Waals surface area contributed by atoms with E-state index in [0.29, 0.717) is 18.2 Å². The number of halogens is 4. The van der Waals surface area contributed by atoms with Gasteiger partial charge >= 0.3 is 12.1 Å². The molecule has 0 amide bonds. The van der Waals surface area contributed by atoms with Crippen molar-refractivity contribution < 1.29 is 27.5 Å². The molecule has 0 unspecified atom stereocenters. The van der Waals surface area contributed by atoms with Crippen molar-refractivity contribution in [2.75, 3.05) is 5.75 Å². The van der Waals surface area contributed by atoms with E-state index in [1.165, 1.54) is 12.4 Å². The summed E-state index contributed by atoms with van der Waals surface area (Å²) in [5, 5.41) is 8.69. The fraction of sp³-hybridized carbons (Fsp3) is 0.167. The van der Waals surface area contributed by atoms with Crippen LogP contribution >= 0.6 is 11.8 Å². The Bertz CT molecular complexity index is 670. The van der Waals surface area contributed by atoms with E-state index in [2.05, 4.69) is 4.98 Å². The molecule has 0 aliphatic rings. The van der Waals surface area contributed by atoms with Gasteiger partial charge in [-0.2, -0.15) is 13.2 Å². The number of aromatic nitrogens is 2. The molecule has 0 radical (unpaired) electrons. The molecule has 112 valence electrons. The van der Waals surface area contributed by atoms with Crippen molar-refractivity contribution in [2.24, 2.45) is 0 Å². The lowest BCUT2D eigenvalue weighted by Gasteiger charge is -2.12. The molecule has 0 saturated carbocycles. The first-order valence-electron chi connectivity index (χ1n) is 5.54. The minimum absolute atomic E-state index is 0.0932. The third-order valence-electron chi connectivity index (χ3n) is 2.46. The summed E-state index contributed by atoms with van der Waals surface area (Å²) in [5.41, 5.74) is -1.34. The number of alkyl halides is 3. The van der Waals surface area contributed by atoms with Gasteiger partial charge in [-0.25, -0.2) is 9.37 Å². The maximum atomic E-state index is 13.8. The molecule has 0 bridgehead atoms. The second-order valence-electron chi connectivity index (χ2n) is 3.93. The van der Waals surface area contributed by atoms with Gasteiger partial charge in [0.2, 0.25) is 0 Å². The topological polar surface area (TPSA) is 55.1 Å². The fourth-order valence-corrected chi connectivity index (χ4v) is 2.27. The van der Waals surface area contributed by atoms with Gasteiger partial charge in [0.1, 0.15) is 5.82 Å². The Labute approximate surface area is 120 Å². The van der Waals surface area contributed by atoms with Crippen LogP contribution in [0.2, 0.25) is 0 Å². The lowest BCUT2D eigenvalue weighted by Crippen LogP contribution is -2.08. The number of carbonyl (C=O) groups is 1. The molecule has 1 N–H and O–H groups in total. The molecule has 1 aromatic heterocycles. The number of imidazole rings is 1. The average Bonchev–Trinajstić information content (AvgIpc) is 2.83. The van der Waals surface area contributed by atoms with Crippen LogP contribution in [-0.2, 0) is 11.0 Å². The van der Waals surface area contributed by atoms with Crippen molar-refractivity contribution >= 4 is 17.7 Å². The number of hydrogen-bond donors (Lipinski definition) is 1. The quantitative estimate of drug-likeness (QED) is 0.694. The van der Waals surface area contributed by atoms with Crippen LogP contribution < -0.4 is 0 Å². The first-order valence-corrected chi connectivity index (χ1v) is 6.52. The molecule has 2 rings (SSSR count). The molecular weight excluding hydrogens is 312 g/mol. The summed E-state index contributed by atoms with van der Waals surface area (Å²) in [7, 11) is 0. The molecule has 0 aliphatic carbocycles. The van der Waals surface area contributed by atoms with Crippen molar-refractivity contribution in [1.82, 2.24) is 9.55 Å². The number of hydrogen-bond acceptors (Lipinski definition) is 3. The highest BCUT2D eigenvalue weighted by Crippen LogP contribution is 2.32. The predicted molar refractivity (Wildman–Crippen MR) is 66.9 cm³/mol. The van der Waals surface area contributed by atoms with Gasteiger partial charge in [-0.1, -0.05) is 11.8 Å². The number of rotatable bonds is 4. The van der Waals surface area contributed by atoms with Crippen LogP contribution in [0.25, 0.3) is 5.69 Å². The van der Waals surface area contributed by atoms with Crippen molar-refractivity contribution in [1.29, 1.82) is 0 Å². The molecule has 0 fully saturated rings. The van der Waals surface area contributed by atoms with Gasteiger partial charge in [0.25, 0.3) is 0 Å². The molecule has 21 heavy (non-hydrogen) atoms. The number of thioether (sulfide) groups is 1. The summed E-state index contributed by atoms with van der Waals surface area (Å²) in [6.45, 7) is 0. The van der Waals surface area contributed by atoms with Crippen molar-refractivity contribution in [2.45, 2.75) is 11.3 Å². The summed E-state index contributed by atoms with van der Waals surface area (Å²) < 4.78 is 52.8. The zero-order valence-electron chi connectivity index (χ0n) is 10.3. The van der Waals surface area contributed by atoms with Crippen LogP contribution in [0.5, 0.6) is 0 Å². The molecule has 1 heterocycles. The maximum Gasteiger partial charge on any atom is 0.416 e.